The van der Waals surface area contributed by atoms with Gasteiger partial charge >= 0.3 is 0 Å². The van der Waals surface area contributed by atoms with E-state index in [0.717, 1.165) is 16.7 Å². The summed E-state index contributed by atoms with van der Waals surface area (Å²) in [6.07, 6.45) is 1.41. The fourth-order valence-electron chi connectivity index (χ4n) is 4.42. The molecule has 0 saturated carbocycles. The van der Waals surface area contributed by atoms with E-state index in [-0.39, 0.29) is 29.2 Å². The summed E-state index contributed by atoms with van der Waals surface area (Å²) in [6.45, 7) is 14.1. The zero-order chi connectivity index (χ0) is 23.5. The number of piperidine rings is 1. The summed E-state index contributed by atoms with van der Waals surface area (Å²) >= 11 is 0. The lowest BCUT2D eigenvalue weighted by atomic mass is 9.85. The van der Waals surface area contributed by atoms with Gasteiger partial charge in [0.1, 0.15) is 0 Å². The van der Waals surface area contributed by atoms with Crippen molar-refractivity contribution in [3.05, 3.63) is 70.8 Å². The highest BCUT2D eigenvalue weighted by Gasteiger charge is 2.30. The maximum absolute atomic E-state index is 13.1. The van der Waals surface area contributed by atoms with Gasteiger partial charge in [-0.2, -0.15) is 0 Å². The summed E-state index contributed by atoms with van der Waals surface area (Å²) in [5, 5.41) is 3.30. The Morgan fingerprint density at radius 1 is 0.969 bits per heavy atom. The normalized spacial score (nSPS) is 16.2. The average molecular weight is 435 g/mol. The lowest BCUT2D eigenvalue weighted by Crippen LogP contribution is -2.44. The van der Waals surface area contributed by atoms with Gasteiger partial charge in [0.25, 0.3) is 5.91 Å². The first-order chi connectivity index (χ1) is 15.1. The third-order valence-corrected chi connectivity index (χ3v) is 6.63. The number of rotatable bonds is 5. The topological polar surface area (TPSA) is 49.4 Å². The number of amides is 2. The lowest BCUT2D eigenvalue weighted by molar-refractivity contribution is -0.127. The first kappa shape index (κ1) is 24.0. The standard InChI is InChI=1S/C28H38N2O2/c1-19(2)25(21-11-13-23(14-12-21)28(4,5)6)29-26(31)22-15-17-30(18-16-22)27(32)24-10-8-7-9-20(24)3/h7-14,19,22,25H,15-18H2,1-6H3,(H,29,31)/t25-/m1/s1. The van der Waals surface area contributed by atoms with Gasteiger partial charge in [-0.05, 0) is 53.9 Å². The van der Waals surface area contributed by atoms with E-state index in [2.05, 4.69) is 64.2 Å². The molecule has 1 saturated heterocycles. The molecule has 1 fully saturated rings. The predicted molar refractivity (Wildman–Crippen MR) is 131 cm³/mol. The van der Waals surface area contributed by atoms with Crippen LogP contribution in [0.5, 0.6) is 0 Å². The van der Waals surface area contributed by atoms with Crippen molar-refractivity contribution in [3.8, 4) is 0 Å². The fourth-order valence-corrected chi connectivity index (χ4v) is 4.42. The van der Waals surface area contributed by atoms with Gasteiger partial charge in [-0.1, -0.05) is 77.1 Å². The van der Waals surface area contributed by atoms with E-state index in [9.17, 15) is 9.59 Å². The predicted octanol–water partition coefficient (Wildman–Crippen LogP) is 5.66. The van der Waals surface area contributed by atoms with Gasteiger partial charge in [-0.15, -0.1) is 0 Å². The number of carbonyl (C=O) groups excluding carboxylic acids is 2. The Labute approximate surface area is 193 Å². The highest BCUT2D eigenvalue weighted by Crippen LogP contribution is 2.28. The molecule has 172 valence electrons. The molecule has 32 heavy (non-hydrogen) atoms. The van der Waals surface area contributed by atoms with Gasteiger partial charge in [-0.25, -0.2) is 0 Å². The highest BCUT2D eigenvalue weighted by molar-refractivity contribution is 5.95. The third-order valence-electron chi connectivity index (χ3n) is 6.63. The largest absolute Gasteiger partial charge is 0.349 e. The lowest BCUT2D eigenvalue weighted by Gasteiger charge is -2.33. The van der Waals surface area contributed by atoms with Crippen LogP contribution in [0, 0.1) is 18.8 Å². The molecule has 2 aromatic carbocycles. The van der Waals surface area contributed by atoms with Gasteiger partial charge in [-0.3, -0.25) is 9.59 Å². The molecule has 1 aliphatic heterocycles. The number of likely N-dealkylation sites (tertiary alicyclic amines) is 1. The van der Waals surface area contributed by atoms with Gasteiger partial charge < -0.3 is 10.2 Å². The van der Waals surface area contributed by atoms with Crippen LogP contribution in [0.3, 0.4) is 0 Å². The van der Waals surface area contributed by atoms with Crippen molar-refractivity contribution in [2.24, 2.45) is 11.8 Å². The maximum atomic E-state index is 13.1. The van der Waals surface area contributed by atoms with E-state index in [0.29, 0.717) is 31.8 Å². The molecule has 0 bridgehead atoms. The van der Waals surface area contributed by atoms with Crippen molar-refractivity contribution in [1.29, 1.82) is 0 Å². The van der Waals surface area contributed by atoms with Crippen LogP contribution < -0.4 is 5.32 Å². The fraction of sp³-hybridized carbons (Fsp3) is 0.500. The smallest absolute Gasteiger partial charge is 0.254 e. The first-order valence-corrected chi connectivity index (χ1v) is 11.8. The van der Waals surface area contributed by atoms with Gasteiger partial charge in [0.05, 0.1) is 6.04 Å². The zero-order valence-electron chi connectivity index (χ0n) is 20.4. The minimum Gasteiger partial charge on any atom is -0.349 e. The van der Waals surface area contributed by atoms with Crippen LogP contribution in [-0.4, -0.2) is 29.8 Å². The van der Waals surface area contributed by atoms with Crippen molar-refractivity contribution in [2.75, 3.05) is 13.1 Å². The molecule has 1 heterocycles. The SMILES string of the molecule is Cc1ccccc1C(=O)N1CCC(C(=O)N[C@@H](c2ccc(C(C)(C)C)cc2)C(C)C)CC1. The molecular formula is C28H38N2O2. The highest BCUT2D eigenvalue weighted by atomic mass is 16.2. The quantitative estimate of drug-likeness (QED) is 0.660. The Balaban J connectivity index is 1.61. The van der Waals surface area contributed by atoms with E-state index >= 15 is 0 Å². The van der Waals surface area contributed by atoms with E-state index in [1.165, 1.54) is 5.56 Å². The minimum absolute atomic E-state index is 0.0110. The number of nitrogens with zero attached hydrogens (tertiary/aromatic N) is 1. The third kappa shape index (κ3) is 5.59. The summed E-state index contributed by atoms with van der Waals surface area (Å²) < 4.78 is 0. The first-order valence-electron chi connectivity index (χ1n) is 11.8. The molecule has 1 N–H and O–H groups in total. The Morgan fingerprint density at radius 3 is 2.09 bits per heavy atom. The van der Waals surface area contributed by atoms with Crippen LogP contribution in [0.15, 0.2) is 48.5 Å². The number of hydrogen-bond donors (Lipinski definition) is 1. The molecule has 0 unspecified atom stereocenters. The van der Waals surface area contributed by atoms with E-state index in [1.807, 2.05) is 36.1 Å². The number of hydrogen-bond acceptors (Lipinski definition) is 2. The molecule has 0 aromatic heterocycles. The van der Waals surface area contributed by atoms with E-state index in [1.54, 1.807) is 0 Å². The molecular weight excluding hydrogens is 396 g/mol. The summed E-state index contributed by atoms with van der Waals surface area (Å²) in [5.74, 6) is 0.417. The minimum atomic E-state index is -0.0500. The Morgan fingerprint density at radius 2 is 1.56 bits per heavy atom. The van der Waals surface area contributed by atoms with Gasteiger partial charge in [0.2, 0.25) is 5.91 Å². The van der Waals surface area contributed by atoms with Crippen molar-refractivity contribution in [3.63, 3.8) is 0 Å². The number of carbonyl (C=O) groups is 2. The second-order valence-electron chi connectivity index (χ2n) is 10.5. The van der Waals surface area contributed by atoms with Crippen LogP contribution >= 0.6 is 0 Å². The summed E-state index contributed by atoms with van der Waals surface area (Å²) in [7, 11) is 0. The molecule has 2 aromatic rings. The molecule has 0 radical (unpaired) electrons. The molecule has 4 heteroatoms. The van der Waals surface area contributed by atoms with Crippen molar-refractivity contribution in [1.82, 2.24) is 10.2 Å². The Bertz CT molecular complexity index is 933. The Kier molecular flexibility index (Phi) is 7.43. The van der Waals surface area contributed by atoms with Crippen molar-refractivity contribution < 1.29 is 9.59 Å². The second-order valence-corrected chi connectivity index (χ2v) is 10.5. The molecule has 2 amide bonds. The average Bonchev–Trinajstić information content (AvgIpc) is 2.76. The molecule has 1 atom stereocenters. The van der Waals surface area contributed by atoms with E-state index < -0.39 is 0 Å². The summed E-state index contributed by atoms with van der Waals surface area (Å²) in [6, 6.07) is 16.3. The molecule has 0 aliphatic carbocycles. The van der Waals surface area contributed by atoms with E-state index in [4.69, 9.17) is 0 Å². The van der Waals surface area contributed by atoms with Crippen LogP contribution in [0.25, 0.3) is 0 Å². The number of aryl methyl sites for hydroxylation is 1. The van der Waals surface area contributed by atoms with Crippen LogP contribution in [0.1, 0.15) is 80.6 Å². The van der Waals surface area contributed by atoms with Crippen LogP contribution in [-0.2, 0) is 10.2 Å². The maximum Gasteiger partial charge on any atom is 0.254 e. The molecule has 3 rings (SSSR count). The van der Waals surface area contributed by atoms with Crippen LogP contribution in [0.4, 0.5) is 0 Å². The summed E-state index contributed by atoms with van der Waals surface area (Å²) in [5.41, 5.74) is 4.30. The monoisotopic (exact) mass is 434 g/mol. The molecule has 0 spiro atoms. The van der Waals surface area contributed by atoms with Gasteiger partial charge in [0, 0.05) is 24.6 Å². The molecule has 4 nitrogen and oxygen atoms in total. The number of nitrogens with one attached hydrogen (secondary N) is 1. The second kappa shape index (κ2) is 9.89. The Hall–Kier alpha value is -2.62. The van der Waals surface area contributed by atoms with Gasteiger partial charge in [0.15, 0.2) is 0 Å². The van der Waals surface area contributed by atoms with Crippen molar-refractivity contribution >= 4 is 11.8 Å². The van der Waals surface area contributed by atoms with Crippen molar-refractivity contribution in [2.45, 2.75) is 65.8 Å². The summed E-state index contributed by atoms with van der Waals surface area (Å²) in [4.78, 5) is 27.9. The number of benzene rings is 2. The molecule has 1 aliphatic rings. The van der Waals surface area contributed by atoms with Crippen LogP contribution in [0.2, 0.25) is 0 Å². The zero-order valence-corrected chi connectivity index (χ0v) is 20.4.